The summed E-state index contributed by atoms with van der Waals surface area (Å²) < 4.78 is 28.9. The summed E-state index contributed by atoms with van der Waals surface area (Å²) in [5, 5.41) is 8.07. The quantitative estimate of drug-likeness (QED) is 0.866. The van der Waals surface area contributed by atoms with Crippen LogP contribution in [0.15, 0.2) is 29.2 Å². The Morgan fingerprint density at radius 1 is 1.09 bits per heavy atom. The number of rotatable bonds is 3. The molecule has 3 rings (SSSR count). The van der Waals surface area contributed by atoms with Crippen molar-refractivity contribution in [2.75, 3.05) is 6.54 Å². The third kappa shape index (κ3) is 2.55. The minimum atomic E-state index is -3.49. The van der Waals surface area contributed by atoms with Crippen LogP contribution >= 0.6 is 0 Å². The number of sulfonamides is 1. The number of nitrogens with zero attached hydrogens (tertiary/aromatic N) is 4. The Morgan fingerprint density at radius 2 is 1.77 bits per heavy atom. The average molecular weight is 320 g/mol. The van der Waals surface area contributed by atoms with Gasteiger partial charge in [0.15, 0.2) is 0 Å². The predicted molar refractivity (Wildman–Crippen MR) is 82.9 cm³/mol. The van der Waals surface area contributed by atoms with Gasteiger partial charge in [0.2, 0.25) is 10.0 Å². The van der Waals surface area contributed by atoms with E-state index in [9.17, 15) is 8.42 Å². The SMILES string of the molecule is Cc1nnc2n1CCN(S(=O)(=O)c1ccc(C(C)C)cc1)C2. The first-order valence-electron chi connectivity index (χ1n) is 7.38. The molecule has 2 aromatic rings. The van der Waals surface area contributed by atoms with Crippen molar-refractivity contribution in [3.63, 3.8) is 0 Å². The van der Waals surface area contributed by atoms with Gasteiger partial charge >= 0.3 is 0 Å². The van der Waals surface area contributed by atoms with Gasteiger partial charge < -0.3 is 4.57 Å². The highest BCUT2D eigenvalue weighted by atomic mass is 32.2. The van der Waals surface area contributed by atoms with E-state index in [0.29, 0.717) is 29.7 Å². The monoisotopic (exact) mass is 320 g/mol. The van der Waals surface area contributed by atoms with Gasteiger partial charge in [-0.2, -0.15) is 4.31 Å². The van der Waals surface area contributed by atoms with E-state index in [0.717, 1.165) is 11.4 Å². The van der Waals surface area contributed by atoms with Crippen LogP contribution in [-0.4, -0.2) is 34.0 Å². The summed E-state index contributed by atoms with van der Waals surface area (Å²) in [7, 11) is -3.49. The summed E-state index contributed by atoms with van der Waals surface area (Å²) in [6.45, 7) is 7.37. The standard InChI is InChI=1S/C15H20N4O2S/c1-11(2)13-4-6-14(7-5-13)22(20,21)18-8-9-19-12(3)16-17-15(19)10-18/h4-7,11H,8-10H2,1-3H3. The van der Waals surface area contributed by atoms with Gasteiger partial charge in [-0.3, -0.25) is 0 Å². The molecule has 1 aromatic heterocycles. The normalized spacial score (nSPS) is 16.0. The molecule has 0 unspecified atom stereocenters. The maximum atomic E-state index is 12.8. The Bertz CT molecular complexity index is 778. The average Bonchev–Trinajstić information content (AvgIpc) is 2.88. The third-order valence-electron chi connectivity index (χ3n) is 4.09. The smallest absolute Gasteiger partial charge is 0.243 e. The molecular formula is C15H20N4O2S. The molecule has 0 N–H and O–H groups in total. The van der Waals surface area contributed by atoms with Crippen LogP contribution < -0.4 is 0 Å². The first-order valence-corrected chi connectivity index (χ1v) is 8.82. The predicted octanol–water partition coefficient (Wildman–Crippen LogP) is 1.91. The highest BCUT2D eigenvalue weighted by Crippen LogP contribution is 2.23. The minimum Gasteiger partial charge on any atom is -0.313 e. The minimum absolute atomic E-state index is 0.273. The van der Waals surface area contributed by atoms with Gasteiger partial charge in [-0.25, -0.2) is 8.42 Å². The van der Waals surface area contributed by atoms with Gasteiger partial charge in [-0.1, -0.05) is 26.0 Å². The largest absolute Gasteiger partial charge is 0.313 e. The molecule has 0 spiro atoms. The number of benzene rings is 1. The van der Waals surface area contributed by atoms with E-state index in [4.69, 9.17) is 0 Å². The van der Waals surface area contributed by atoms with Gasteiger partial charge in [0, 0.05) is 13.1 Å². The van der Waals surface area contributed by atoms with Crippen molar-refractivity contribution >= 4 is 10.0 Å². The Kier molecular flexibility index (Phi) is 3.78. The van der Waals surface area contributed by atoms with Crippen molar-refractivity contribution in [2.24, 2.45) is 0 Å². The topological polar surface area (TPSA) is 68.1 Å². The molecule has 118 valence electrons. The second kappa shape index (κ2) is 5.48. The molecule has 1 aromatic carbocycles. The number of aromatic nitrogens is 3. The molecule has 6 nitrogen and oxygen atoms in total. The highest BCUT2D eigenvalue weighted by Gasteiger charge is 2.30. The van der Waals surface area contributed by atoms with E-state index in [-0.39, 0.29) is 6.54 Å². The first-order chi connectivity index (χ1) is 10.4. The molecule has 2 heterocycles. The highest BCUT2D eigenvalue weighted by molar-refractivity contribution is 7.89. The zero-order valence-corrected chi connectivity index (χ0v) is 13.8. The van der Waals surface area contributed by atoms with E-state index in [1.807, 2.05) is 23.6 Å². The van der Waals surface area contributed by atoms with Crippen LogP contribution in [0.4, 0.5) is 0 Å². The summed E-state index contributed by atoms with van der Waals surface area (Å²) in [5.74, 6) is 1.91. The van der Waals surface area contributed by atoms with Gasteiger partial charge in [0.25, 0.3) is 0 Å². The van der Waals surface area contributed by atoms with Crippen LogP contribution in [0.25, 0.3) is 0 Å². The zero-order valence-electron chi connectivity index (χ0n) is 13.0. The molecule has 0 aliphatic carbocycles. The second-order valence-corrected chi connectivity index (χ2v) is 7.82. The summed E-state index contributed by atoms with van der Waals surface area (Å²) in [5.41, 5.74) is 1.13. The van der Waals surface area contributed by atoms with Crippen LogP contribution in [0.1, 0.15) is 37.0 Å². The Morgan fingerprint density at radius 3 is 2.41 bits per heavy atom. The fraction of sp³-hybridized carbons (Fsp3) is 0.467. The van der Waals surface area contributed by atoms with E-state index in [1.54, 1.807) is 12.1 Å². The molecule has 7 heteroatoms. The van der Waals surface area contributed by atoms with Crippen molar-refractivity contribution in [1.29, 1.82) is 0 Å². The van der Waals surface area contributed by atoms with Gasteiger partial charge in [0.1, 0.15) is 11.6 Å². The summed E-state index contributed by atoms with van der Waals surface area (Å²) in [6, 6.07) is 7.15. The van der Waals surface area contributed by atoms with E-state index in [2.05, 4.69) is 24.0 Å². The lowest BCUT2D eigenvalue weighted by atomic mass is 10.0. The number of hydrogen-bond donors (Lipinski definition) is 0. The Balaban J connectivity index is 1.87. The molecule has 0 atom stereocenters. The van der Waals surface area contributed by atoms with Crippen LogP contribution in [-0.2, 0) is 23.1 Å². The molecule has 22 heavy (non-hydrogen) atoms. The summed E-state index contributed by atoms with van der Waals surface area (Å²) in [6.07, 6.45) is 0. The molecule has 0 amide bonds. The Hall–Kier alpha value is -1.73. The van der Waals surface area contributed by atoms with Crippen molar-refractivity contribution < 1.29 is 8.42 Å². The van der Waals surface area contributed by atoms with Crippen molar-refractivity contribution in [3.8, 4) is 0 Å². The lowest BCUT2D eigenvalue weighted by Crippen LogP contribution is -2.38. The van der Waals surface area contributed by atoms with Gasteiger partial charge in [0.05, 0.1) is 11.4 Å². The van der Waals surface area contributed by atoms with Crippen LogP contribution in [0.2, 0.25) is 0 Å². The maximum absolute atomic E-state index is 12.8. The molecule has 0 fully saturated rings. The molecular weight excluding hydrogens is 300 g/mol. The molecule has 0 saturated heterocycles. The summed E-state index contributed by atoms with van der Waals surface area (Å²) >= 11 is 0. The van der Waals surface area contributed by atoms with Crippen LogP contribution in [0.3, 0.4) is 0 Å². The fourth-order valence-electron chi connectivity index (χ4n) is 2.66. The lowest BCUT2D eigenvalue weighted by molar-refractivity contribution is 0.333. The summed E-state index contributed by atoms with van der Waals surface area (Å²) in [4.78, 5) is 0.335. The maximum Gasteiger partial charge on any atom is 0.243 e. The van der Waals surface area contributed by atoms with Crippen molar-refractivity contribution in [1.82, 2.24) is 19.1 Å². The van der Waals surface area contributed by atoms with Gasteiger partial charge in [-0.05, 0) is 30.5 Å². The van der Waals surface area contributed by atoms with E-state index in [1.165, 1.54) is 4.31 Å². The zero-order chi connectivity index (χ0) is 15.9. The van der Waals surface area contributed by atoms with Crippen molar-refractivity contribution in [2.45, 2.75) is 44.7 Å². The van der Waals surface area contributed by atoms with E-state index < -0.39 is 10.0 Å². The van der Waals surface area contributed by atoms with Gasteiger partial charge in [-0.15, -0.1) is 10.2 Å². The Labute approximate surface area is 130 Å². The molecule has 0 bridgehead atoms. The molecule has 0 saturated carbocycles. The number of aryl methyl sites for hydroxylation is 1. The lowest BCUT2D eigenvalue weighted by Gasteiger charge is -2.27. The number of fused-ring (bicyclic) bond motifs is 1. The first kappa shape index (κ1) is 15.2. The molecule has 1 aliphatic rings. The fourth-order valence-corrected chi connectivity index (χ4v) is 4.05. The number of hydrogen-bond acceptors (Lipinski definition) is 4. The second-order valence-electron chi connectivity index (χ2n) is 5.88. The third-order valence-corrected chi connectivity index (χ3v) is 5.95. The van der Waals surface area contributed by atoms with Crippen LogP contribution in [0, 0.1) is 6.92 Å². The van der Waals surface area contributed by atoms with E-state index >= 15 is 0 Å². The molecule has 1 aliphatic heterocycles. The van der Waals surface area contributed by atoms with Crippen molar-refractivity contribution in [3.05, 3.63) is 41.5 Å². The van der Waals surface area contributed by atoms with Crippen LogP contribution in [0.5, 0.6) is 0 Å². The molecule has 0 radical (unpaired) electrons.